The van der Waals surface area contributed by atoms with Crippen LogP contribution in [-0.4, -0.2) is 45.7 Å². The van der Waals surface area contributed by atoms with Crippen molar-refractivity contribution in [1.29, 1.82) is 0 Å². The molecule has 8 nitrogen and oxygen atoms in total. The van der Waals surface area contributed by atoms with E-state index in [4.69, 9.17) is 13.9 Å². The summed E-state index contributed by atoms with van der Waals surface area (Å²) in [7, 11) is 0.507. The van der Waals surface area contributed by atoms with Gasteiger partial charge in [-0.15, -0.1) is 0 Å². The van der Waals surface area contributed by atoms with Crippen LogP contribution >= 0.6 is 0 Å². The number of ether oxygens (including phenoxy) is 2. The molecule has 0 amide bonds. The summed E-state index contributed by atoms with van der Waals surface area (Å²) in [5.41, 5.74) is 0.383. The van der Waals surface area contributed by atoms with Crippen LogP contribution in [0.5, 0.6) is 23.0 Å². The van der Waals surface area contributed by atoms with E-state index < -0.39 is 21.5 Å². The molecule has 1 aromatic heterocycles. The fraction of sp³-hybridized carbons (Fsp3) is 0.333. The van der Waals surface area contributed by atoms with Crippen LogP contribution in [0, 0.1) is 0 Å². The number of hydrogen-bond donors (Lipinski definition) is 2. The predicted molar refractivity (Wildman–Crippen MR) is 88.4 cm³/mol. The first-order valence-electron chi connectivity index (χ1n) is 7.00. The van der Waals surface area contributed by atoms with Crippen LogP contribution < -0.4 is 13.8 Å². The second-order valence-corrected chi connectivity index (χ2v) is 7.16. The van der Waals surface area contributed by atoms with Gasteiger partial charge in [-0.05, 0) is 25.1 Å². The maximum atomic E-state index is 11.9. The normalized spacial score (nSPS) is 11.3. The van der Waals surface area contributed by atoms with Crippen LogP contribution in [0.15, 0.2) is 22.6 Å². The van der Waals surface area contributed by atoms with Crippen molar-refractivity contribution in [1.82, 2.24) is 0 Å². The van der Waals surface area contributed by atoms with Crippen LogP contribution in [0.1, 0.15) is 6.92 Å². The fourth-order valence-corrected chi connectivity index (χ4v) is 2.87. The van der Waals surface area contributed by atoms with Crippen LogP contribution in [0.4, 0.5) is 5.88 Å². The van der Waals surface area contributed by atoms with Crippen molar-refractivity contribution in [2.24, 2.45) is 0 Å². The predicted octanol–water partition coefficient (Wildman–Crippen LogP) is 2.16. The van der Waals surface area contributed by atoms with E-state index in [1.807, 2.05) is 0 Å². The van der Waals surface area contributed by atoms with E-state index in [-0.39, 0.29) is 17.4 Å². The number of hydrogen-bond acceptors (Lipinski definition) is 7. The highest BCUT2D eigenvalue weighted by Gasteiger charge is 2.28. The van der Waals surface area contributed by atoms with Crippen LogP contribution in [0.3, 0.4) is 0 Å². The van der Waals surface area contributed by atoms with Gasteiger partial charge < -0.3 is 24.1 Å². The molecule has 0 saturated carbocycles. The average molecular weight is 357 g/mol. The number of aromatic hydroxyl groups is 2. The summed E-state index contributed by atoms with van der Waals surface area (Å²) < 4.78 is 40.4. The molecule has 0 spiro atoms. The van der Waals surface area contributed by atoms with E-state index in [0.717, 1.165) is 4.31 Å². The van der Waals surface area contributed by atoms with Crippen molar-refractivity contribution < 1.29 is 32.5 Å². The highest BCUT2D eigenvalue weighted by atomic mass is 32.2. The fourth-order valence-electron chi connectivity index (χ4n) is 2.11. The molecular formula is C15H19NO7S. The lowest BCUT2D eigenvalue weighted by Crippen LogP contribution is -2.27. The molecule has 9 heteroatoms. The summed E-state index contributed by atoms with van der Waals surface area (Å²) in [6.07, 6.45) is 0. The Hall–Kier alpha value is -2.55. The zero-order chi connectivity index (χ0) is 18.1. The number of rotatable bonds is 6. The lowest BCUT2D eigenvalue weighted by Gasteiger charge is -2.15. The molecule has 0 aliphatic carbocycles. The maximum Gasteiger partial charge on any atom is 0.256 e. The number of furan rings is 1. The van der Waals surface area contributed by atoms with Crippen molar-refractivity contribution in [2.75, 3.05) is 31.3 Å². The first kappa shape index (κ1) is 17.8. The van der Waals surface area contributed by atoms with Gasteiger partial charge in [0.15, 0.2) is 17.3 Å². The number of methoxy groups -OCH3 is 2. The highest BCUT2D eigenvalue weighted by Crippen LogP contribution is 2.48. The van der Waals surface area contributed by atoms with Crippen molar-refractivity contribution in [3.63, 3.8) is 0 Å². The minimum atomic E-state index is -3.66. The third-order valence-electron chi connectivity index (χ3n) is 3.55. The second kappa shape index (κ2) is 6.52. The van der Waals surface area contributed by atoms with Crippen molar-refractivity contribution in [3.05, 3.63) is 18.2 Å². The number of sulfonamides is 1. The van der Waals surface area contributed by atoms with Gasteiger partial charge in [0.1, 0.15) is 0 Å². The Morgan fingerprint density at radius 1 is 1.12 bits per heavy atom. The molecule has 2 rings (SSSR count). The summed E-state index contributed by atoms with van der Waals surface area (Å²) in [5.74, 6) is -0.977. The van der Waals surface area contributed by atoms with E-state index in [2.05, 4.69) is 0 Å². The molecule has 0 aliphatic rings. The van der Waals surface area contributed by atoms with E-state index in [9.17, 15) is 18.6 Å². The third kappa shape index (κ3) is 2.94. The molecule has 0 unspecified atom stereocenters. The zero-order valence-electron chi connectivity index (χ0n) is 13.7. The Kier molecular flexibility index (Phi) is 4.83. The van der Waals surface area contributed by atoms with Gasteiger partial charge in [0, 0.05) is 12.6 Å². The molecule has 1 heterocycles. The quantitative estimate of drug-likeness (QED) is 0.815. The summed E-state index contributed by atoms with van der Waals surface area (Å²) >= 11 is 0. The SMILES string of the molecule is CCS(=O)(=O)N(C)c1oc(-c2ccc(OC)c(OC)c2)c(O)c1O. The largest absolute Gasteiger partial charge is 0.502 e. The van der Waals surface area contributed by atoms with Gasteiger partial charge in [-0.25, -0.2) is 12.7 Å². The minimum absolute atomic E-state index is 0.0818. The van der Waals surface area contributed by atoms with Crippen LogP contribution in [0.2, 0.25) is 0 Å². The first-order chi connectivity index (χ1) is 11.3. The zero-order valence-corrected chi connectivity index (χ0v) is 14.5. The molecule has 2 aromatic rings. The molecule has 0 fully saturated rings. The summed E-state index contributed by atoms with van der Waals surface area (Å²) in [6, 6.07) is 4.71. The molecule has 24 heavy (non-hydrogen) atoms. The second-order valence-electron chi connectivity index (χ2n) is 4.87. The molecule has 2 N–H and O–H groups in total. The van der Waals surface area contributed by atoms with E-state index in [1.54, 1.807) is 12.1 Å². The monoisotopic (exact) mass is 357 g/mol. The Morgan fingerprint density at radius 3 is 2.29 bits per heavy atom. The summed E-state index contributed by atoms with van der Waals surface area (Å²) in [5, 5.41) is 20.1. The van der Waals surface area contributed by atoms with Gasteiger partial charge in [-0.3, -0.25) is 0 Å². The van der Waals surface area contributed by atoms with E-state index >= 15 is 0 Å². The van der Waals surface area contributed by atoms with E-state index in [0.29, 0.717) is 17.1 Å². The van der Waals surface area contributed by atoms with Crippen molar-refractivity contribution in [2.45, 2.75) is 6.92 Å². The molecule has 0 saturated heterocycles. The maximum absolute atomic E-state index is 11.9. The van der Waals surface area contributed by atoms with Gasteiger partial charge >= 0.3 is 0 Å². The van der Waals surface area contributed by atoms with Crippen LogP contribution in [-0.2, 0) is 10.0 Å². The average Bonchev–Trinajstić information content (AvgIpc) is 2.88. The van der Waals surface area contributed by atoms with Crippen molar-refractivity contribution in [3.8, 4) is 34.3 Å². The van der Waals surface area contributed by atoms with Gasteiger partial charge in [-0.1, -0.05) is 0 Å². The standard InChI is InChI=1S/C15H19NO7S/c1-5-24(19,20)16(2)15-13(18)12(17)14(23-15)9-6-7-10(21-3)11(8-9)22-4/h6-8,17-18H,5H2,1-4H3. The topological polar surface area (TPSA) is 109 Å². The lowest BCUT2D eigenvalue weighted by molar-refractivity contribution is 0.355. The molecule has 0 aliphatic heterocycles. The number of nitrogens with zero attached hydrogens (tertiary/aromatic N) is 1. The molecule has 0 atom stereocenters. The Bertz CT molecular complexity index is 842. The Morgan fingerprint density at radius 2 is 1.75 bits per heavy atom. The van der Waals surface area contributed by atoms with Gasteiger partial charge in [0.2, 0.25) is 21.5 Å². The molecule has 1 aromatic carbocycles. The Balaban J connectivity index is 2.56. The molecule has 0 radical (unpaired) electrons. The lowest BCUT2D eigenvalue weighted by atomic mass is 10.1. The van der Waals surface area contributed by atoms with Crippen molar-refractivity contribution >= 4 is 15.9 Å². The van der Waals surface area contributed by atoms with Gasteiger partial charge in [-0.2, -0.15) is 0 Å². The number of anilines is 1. The molecular weight excluding hydrogens is 338 g/mol. The van der Waals surface area contributed by atoms with Gasteiger partial charge in [0.25, 0.3) is 5.88 Å². The first-order valence-corrected chi connectivity index (χ1v) is 8.61. The number of benzene rings is 1. The highest BCUT2D eigenvalue weighted by molar-refractivity contribution is 7.92. The molecule has 0 bridgehead atoms. The Labute approximate surface area is 139 Å². The summed E-state index contributed by atoms with van der Waals surface area (Å²) in [4.78, 5) is 0. The molecule has 132 valence electrons. The minimum Gasteiger partial charge on any atom is -0.502 e. The van der Waals surface area contributed by atoms with E-state index in [1.165, 1.54) is 34.3 Å². The summed E-state index contributed by atoms with van der Waals surface area (Å²) in [6.45, 7) is 1.46. The smallest absolute Gasteiger partial charge is 0.256 e. The van der Waals surface area contributed by atoms with Gasteiger partial charge in [0.05, 0.1) is 20.0 Å². The third-order valence-corrected chi connectivity index (χ3v) is 5.28. The van der Waals surface area contributed by atoms with Crippen LogP contribution in [0.25, 0.3) is 11.3 Å².